The van der Waals surface area contributed by atoms with Gasteiger partial charge in [-0.15, -0.1) is 0 Å². The van der Waals surface area contributed by atoms with Crippen LogP contribution in [0.5, 0.6) is 0 Å². The van der Waals surface area contributed by atoms with Gasteiger partial charge in [0, 0.05) is 29.2 Å². The van der Waals surface area contributed by atoms with E-state index in [9.17, 15) is 4.79 Å². The number of nitrogens with zero attached hydrogens (tertiary/aromatic N) is 2. The van der Waals surface area contributed by atoms with Crippen LogP contribution < -0.4 is 11.1 Å². The van der Waals surface area contributed by atoms with E-state index in [1.165, 1.54) is 0 Å². The summed E-state index contributed by atoms with van der Waals surface area (Å²) in [6.07, 6.45) is 1.66. The van der Waals surface area contributed by atoms with Gasteiger partial charge in [0.1, 0.15) is 5.82 Å². The summed E-state index contributed by atoms with van der Waals surface area (Å²) in [5.74, 6) is 0.436. The molecule has 0 saturated heterocycles. The number of halogens is 1. The highest BCUT2D eigenvalue weighted by Crippen LogP contribution is 2.17. The summed E-state index contributed by atoms with van der Waals surface area (Å²) >= 11 is 3.41. The molecule has 0 aliphatic rings. The van der Waals surface area contributed by atoms with Gasteiger partial charge < -0.3 is 11.1 Å². The molecule has 6 heteroatoms. The second-order valence-electron chi connectivity index (χ2n) is 4.33. The van der Waals surface area contributed by atoms with E-state index in [-0.39, 0.29) is 5.91 Å². The molecular weight excluding hydrogens is 308 g/mol. The van der Waals surface area contributed by atoms with Crippen LogP contribution in [0.4, 0.5) is 5.82 Å². The average Bonchev–Trinajstić information content (AvgIpc) is 2.70. The van der Waals surface area contributed by atoms with Crippen LogP contribution in [0.15, 0.2) is 28.9 Å². The Labute approximate surface area is 119 Å². The van der Waals surface area contributed by atoms with Gasteiger partial charge in [0.15, 0.2) is 0 Å². The predicted octanol–water partition coefficient (Wildman–Crippen LogP) is 2.00. The van der Waals surface area contributed by atoms with Crippen molar-refractivity contribution in [2.45, 2.75) is 13.5 Å². The zero-order valence-electron chi connectivity index (χ0n) is 10.8. The molecule has 3 N–H and O–H groups in total. The van der Waals surface area contributed by atoms with Crippen molar-refractivity contribution >= 4 is 27.7 Å². The summed E-state index contributed by atoms with van der Waals surface area (Å²) in [5, 5.41) is 6.86. The van der Waals surface area contributed by atoms with Crippen LogP contribution in [0.3, 0.4) is 0 Å². The van der Waals surface area contributed by atoms with Crippen LogP contribution in [0.2, 0.25) is 0 Å². The van der Waals surface area contributed by atoms with E-state index >= 15 is 0 Å². The number of carbonyl (C=O) groups is 1. The molecule has 5 nitrogen and oxygen atoms in total. The largest absolute Gasteiger partial charge is 0.384 e. The topological polar surface area (TPSA) is 72.9 Å². The standard InChI is InChI=1S/C13H15BrN4O/c1-8-5-9(3-4-11(8)14)13(19)16-6-10-7-17-18(2)12(10)15/h3-5,7H,6,15H2,1-2H3,(H,16,19). The minimum Gasteiger partial charge on any atom is -0.384 e. The Hall–Kier alpha value is -1.82. The molecule has 0 saturated carbocycles. The Morgan fingerprint density at radius 2 is 2.26 bits per heavy atom. The molecule has 1 heterocycles. The first-order valence-electron chi connectivity index (χ1n) is 5.79. The van der Waals surface area contributed by atoms with E-state index < -0.39 is 0 Å². The van der Waals surface area contributed by atoms with Crippen LogP contribution in [-0.2, 0) is 13.6 Å². The number of aryl methyl sites for hydroxylation is 2. The lowest BCUT2D eigenvalue weighted by Crippen LogP contribution is -2.23. The summed E-state index contributed by atoms with van der Waals surface area (Å²) in [6, 6.07) is 5.48. The maximum Gasteiger partial charge on any atom is 0.251 e. The number of carbonyl (C=O) groups excluding carboxylic acids is 1. The molecule has 1 amide bonds. The third kappa shape index (κ3) is 2.96. The first-order chi connectivity index (χ1) is 8.99. The number of nitrogen functional groups attached to an aromatic ring is 1. The van der Waals surface area contributed by atoms with E-state index in [0.717, 1.165) is 15.6 Å². The number of nitrogens with two attached hydrogens (primary N) is 1. The molecule has 0 aliphatic carbocycles. The van der Waals surface area contributed by atoms with Gasteiger partial charge in [-0.05, 0) is 30.7 Å². The molecule has 0 unspecified atom stereocenters. The van der Waals surface area contributed by atoms with E-state index in [2.05, 4.69) is 26.3 Å². The maximum atomic E-state index is 12.0. The zero-order valence-corrected chi connectivity index (χ0v) is 12.4. The van der Waals surface area contributed by atoms with Gasteiger partial charge in [-0.3, -0.25) is 9.48 Å². The van der Waals surface area contributed by atoms with Crippen LogP contribution in [-0.4, -0.2) is 15.7 Å². The van der Waals surface area contributed by atoms with Gasteiger partial charge in [0.05, 0.1) is 6.20 Å². The molecule has 100 valence electrons. The monoisotopic (exact) mass is 322 g/mol. The van der Waals surface area contributed by atoms with E-state index in [0.29, 0.717) is 17.9 Å². The van der Waals surface area contributed by atoms with Gasteiger partial charge in [0.25, 0.3) is 5.91 Å². The molecule has 0 bridgehead atoms. The van der Waals surface area contributed by atoms with Gasteiger partial charge >= 0.3 is 0 Å². The highest BCUT2D eigenvalue weighted by Gasteiger charge is 2.09. The number of hydrogen-bond donors (Lipinski definition) is 2. The molecule has 0 aliphatic heterocycles. The fourth-order valence-corrected chi connectivity index (χ4v) is 1.94. The lowest BCUT2D eigenvalue weighted by Gasteiger charge is -2.06. The van der Waals surface area contributed by atoms with Crippen LogP contribution >= 0.6 is 15.9 Å². The normalized spacial score (nSPS) is 10.5. The van der Waals surface area contributed by atoms with E-state index in [4.69, 9.17) is 5.73 Å². The Kier molecular flexibility index (Phi) is 3.90. The van der Waals surface area contributed by atoms with Crippen molar-refractivity contribution in [1.82, 2.24) is 15.1 Å². The smallest absolute Gasteiger partial charge is 0.251 e. The van der Waals surface area contributed by atoms with Gasteiger partial charge in [0.2, 0.25) is 0 Å². The number of nitrogens with one attached hydrogen (secondary N) is 1. The lowest BCUT2D eigenvalue weighted by atomic mass is 10.1. The Morgan fingerprint density at radius 1 is 1.53 bits per heavy atom. The van der Waals surface area contributed by atoms with E-state index in [1.54, 1.807) is 24.0 Å². The third-order valence-corrected chi connectivity index (χ3v) is 3.81. The summed E-state index contributed by atoms with van der Waals surface area (Å²) in [5.41, 5.74) is 8.27. The quantitative estimate of drug-likeness (QED) is 0.907. The molecule has 0 fully saturated rings. The average molecular weight is 323 g/mol. The lowest BCUT2D eigenvalue weighted by molar-refractivity contribution is 0.0951. The third-order valence-electron chi connectivity index (χ3n) is 2.92. The number of amides is 1. The zero-order chi connectivity index (χ0) is 14.0. The second kappa shape index (κ2) is 5.44. The highest BCUT2D eigenvalue weighted by atomic mass is 79.9. The number of rotatable bonds is 3. The Morgan fingerprint density at radius 3 is 2.84 bits per heavy atom. The van der Waals surface area contributed by atoms with E-state index in [1.807, 2.05) is 19.1 Å². The number of benzene rings is 1. The summed E-state index contributed by atoms with van der Waals surface area (Å²) in [4.78, 5) is 12.0. The van der Waals surface area contributed by atoms with Gasteiger partial charge in [-0.25, -0.2) is 0 Å². The SMILES string of the molecule is Cc1cc(C(=O)NCc2cnn(C)c2N)ccc1Br. The molecule has 0 atom stereocenters. The highest BCUT2D eigenvalue weighted by molar-refractivity contribution is 9.10. The fraction of sp³-hybridized carbons (Fsp3) is 0.231. The molecule has 0 radical (unpaired) electrons. The van der Waals surface area contributed by atoms with Gasteiger partial charge in [-0.2, -0.15) is 5.10 Å². The molecule has 1 aromatic carbocycles. The van der Waals surface area contributed by atoms with Crippen molar-refractivity contribution in [2.24, 2.45) is 7.05 Å². The van der Waals surface area contributed by atoms with Crippen LogP contribution in [0, 0.1) is 6.92 Å². The van der Waals surface area contributed by atoms with Crippen LogP contribution in [0.25, 0.3) is 0 Å². The Bertz CT molecular complexity index is 621. The molecule has 19 heavy (non-hydrogen) atoms. The summed E-state index contributed by atoms with van der Waals surface area (Å²) in [6.45, 7) is 2.31. The van der Waals surface area contributed by atoms with Crippen molar-refractivity contribution in [3.05, 3.63) is 45.6 Å². The molecule has 1 aromatic heterocycles. The minimum absolute atomic E-state index is 0.126. The maximum absolute atomic E-state index is 12.0. The predicted molar refractivity (Wildman–Crippen MR) is 77.7 cm³/mol. The molecular formula is C13H15BrN4O. The van der Waals surface area contributed by atoms with Crippen molar-refractivity contribution in [3.8, 4) is 0 Å². The molecule has 2 rings (SSSR count). The second-order valence-corrected chi connectivity index (χ2v) is 5.18. The molecule has 0 spiro atoms. The first-order valence-corrected chi connectivity index (χ1v) is 6.59. The fourth-order valence-electron chi connectivity index (χ4n) is 1.69. The van der Waals surface area contributed by atoms with Crippen molar-refractivity contribution in [2.75, 3.05) is 5.73 Å². The first kappa shape index (κ1) is 13.6. The Balaban J connectivity index is 2.05. The van der Waals surface area contributed by atoms with Crippen molar-refractivity contribution in [1.29, 1.82) is 0 Å². The minimum atomic E-state index is -0.126. The summed E-state index contributed by atoms with van der Waals surface area (Å²) in [7, 11) is 1.76. The van der Waals surface area contributed by atoms with Gasteiger partial charge in [-0.1, -0.05) is 15.9 Å². The number of aromatic nitrogens is 2. The number of hydrogen-bond acceptors (Lipinski definition) is 3. The van der Waals surface area contributed by atoms with Crippen molar-refractivity contribution in [3.63, 3.8) is 0 Å². The molecule has 2 aromatic rings. The van der Waals surface area contributed by atoms with Crippen LogP contribution in [0.1, 0.15) is 21.5 Å². The summed E-state index contributed by atoms with van der Waals surface area (Å²) < 4.78 is 2.56. The number of anilines is 1. The van der Waals surface area contributed by atoms with Crippen molar-refractivity contribution < 1.29 is 4.79 Å².